The Hall–Kier alpha value is -8.59. The summed E-state index contributed by atoms with van der Waals surface area (Å²) >= 11 is 2.27. The van der Waals surface area contributed by atoms with Crippen molar-refractivity contribution < 1.29 is 123 Å². The zero-order chi connectivity index (χ0) is 88.8. The van der Waals surface area contributed by atoms with Crippen LogP contribution < -0.4 is 16.0 Å². The fourth-order valence-corrected chi connectivity index (χ4v) is 16.8. The lowest BCUT2D eigenvalue weighted by molar-refractivity contribution is -0.299. The molecule has 648 valence electrons. The third kappa shape index (κ3) is 20.0. The van der Waals surface area contributed by atoms with E-state index in [4.69, 9.17) is 6.57 Å². The second-order valence-electron chi connectivity index (χ2n) is 31.6. The highest BCUT2D eigenvalue weighted by Crippen LogP contribution is 2.56. The lowest BCUT2D eigenvalue weighted by Crippen LogP contribution is -2.52. The molecule has 0 spiro atoms. The average Bonchev–Trinajstić information content (AvgIpc) is 1.05. The number of hydrogen-bond acceptors (Lipinski definition) is 16. The first-order valence-electron chi connectivity index (χ1n) is 37.1. The predicted molar refractivity (Wildman–Crippen MR) is 401 cm³/mol. The van der Waals surface area contributed by atoms with Crippen molar-refractivity contribution in [1.82, 2.24) is 50.6 Å². The normalized spacial score (nSPS) is 18.0. The van der Waals surface area contributed by atoms with Gasteiger partial charge in [0.2, 0.25) is 0 Å². The van der Waals surface area contributed by atoms with Crippen LogP contribution in [-0.4, -0.2) is 197 Å². The molecule has 6 N–H and O–H groups in total. The number of alkyl halides is 18. The molecule has 4 fully saturated rings. The van der Waals surface area contributed by atoms with Crippen molar-refractivity contribution in [3.8, 4) is 31.3 Å². The molecule has 1 aliphatic carbocycles. The van der Waals surface area contributed by atoms with E-state index in [1.54, 1.807) is 9.80 Å². The van der Waals surface area contributed by atoms with Crippen LogP contribution in [0.25, 0.3) is 36.2 Å². The summed E-state index contributed by atoms with van der Waals surface area (Å²) in [6, 6.07) is 5.03. The van der Waals surface area contributed by atoms with Gasteiger partial charge in [0, 0.05) is 74.7 Å². The van der Waals surface area contributed by atoms with E-state index in [1.165, 1.54) is 46.4 Å². The molecule has 3 aliphatic heterocycles. The molecular weight excluding hydrogens is 1660 g/mol. The number of nitrogens with zero attached hydrogens (tertiary/aromatic N) is 8. The number of benzene rings is 2. The third-order valence-corrected chi connectivity index (χ3v) is 24.8. The Morgan fingerprint density at radius 1 is 0.475 bits per heavy atom. The van der Waals surface area contributed by atoms with E-state index in [-0.39, 0.29) is 133 Å². The maximum absolute atomic E-state index is 13.7. The van der Waals surface area contributed by atoms with Crippen LogP contribution in [0.5, 0.6) is 0 Å². The Bertz CT molecular complexity index is 4710. The van der Waals surface area contributed by atoms with E-state index in [0.29, 0.717) is 74.9 Å². The quantitative estimate of drug-likeness (QED) is 0.0346. The zero-order valence-electron chi connectivity index (χ0n) is 65.8. The summed E-state index contributed by atoms with van der Waals surface area (Å²) < 4.78 is 246. The lowest BCUT2D eigenvalue weighted by Gasteiger charge is -2.34. The Kier molecular flexibility index (Phi) is 28.0. The fraction of sp³-hybridized carbons (Fsp3) is 0.571. The van der Waals surface area contributed by atoms with Gasteiger partial charge in [-0.25, -0.2) is 19.8 Å². The number of amides is 6. The van der Waals surface area contributed by atoms with Gasteiger partial charge in [-0.15, -0.1) is 34.0 Å². The number of aliphatic hydroxyl groups is 3. The van der Waals surface area contributed by atoms with Crippen LogP contribution in [0.4, 0.5) is 84.7 Å². The maximum atomic E-state index is 13.7. The van der Waals surface area contributed by atoms with Crippen LogP contribution in [0.15, 0.2) is 48.7 Å². The number of aryl methyl sites for hydroxylation is 2. The van der Waals surface area contributed by atoms with Crippen molar-refractivity contribution in [1.29, 1.82) is 0 Å². The van der Waals surface area contributed by atoms with Crippen molar-refractivity contribution in [2.45, 2.75) is 242 Å². The number of aromatic nitrogens is 4. The first-order valence-corrected chi connectivity index (χ1v) is 39.5. The Labute approximate surface area is 678 Å². The predicted octanol–water partition coefficient (Wildman–Crippen LogP) is 17.4. The Morgan fingerprint density at radius 2 is 0.805 bits per heavy atom. The monoisotopic (exact) mass is 1750 g/mol. The number of rotatable bonds is 18. The van der Waals surface area contributed by atoms with Crippen LogP contribution in [0.3, 0.4) is 0 Å². The molecule has 3 saturated heterocycles. The molecule has 2 aromatic carbocycles. The van der Waals surface area contributed by atoms with Gasteiger partial charge in [-0.2, -0.15) is 79.0 Å². The molecule has 4 aliphatic rings. The van der Waals surface area contributed by atoms with Gasteiger partial charge in [-0.3, -0.25) is 33.8 Å². The highest BCUT2D eigenvalue weighted by atomic mass is 32.1. The standard InChI is InChI=1S/C28H33F6N3O3S.C25H26F6N4O3S.C24H28F6N4O3S/c1-16-14-18(25(3,27(29,30)31)28(32,33)34)9-10-19(16)21-20(24(39)37-13-7-8-17(37)2)36-23(41-21)22(38)35-15-26(40)11-5-4-6-12-26;1-13-7-6-10-35(13)21(37)17-18(39-20(34-17)19(36)33-12-22(2,3)38)15-9-8-14(11-16(15)32-5)23(4,24(26,27)28)25(29,30)31;1-12-9-15(22(5,23(25,26)27)24(28,29)30)31-10-14(12)17-16(20(36)34-8-6-7-13(34)2)33-19(38-17)18(35)32-11-21(3,4)37/h9-10,14,17,40H,4-8,11-13,15H2,1-3H3,(H,35,38);8-9,11,13,38H,6-7,10,12H2,1-4H3,(H,33,36);9-10,13,37H,6-8,11H2,1-5H3,(H,32,35)/t17-;2*13-/m000/s1. The molecule has 10 rings (SSSR count). The van der Waals surface area contributed by atoms with Gasteiger partial charge >= 0.3 is 37.1 Å². The van der Waals surface area contributed by atoms with Gasteiger partial charge in [0.25, 0.3) is 35.4 Å². The summed E-state index contributed by atoms with van der Waals surface area (Å²) in [4.78, 5) is 103. The van der Waals surface area contributed by atoms with Gasteiger partial charge < -0.3 is 46.0 Å². The molecule has 3 atom stereocenters. The van der Waals surface area contributed by atoms with E-state index in [9.17, 15) is 123 Å². The minimum absolute atomic E-state index is 0.00274. The fourth-order valence-electron chi connectivity index (χ4n) is 13.6. The molecule has 6 aromatic rings. The summed E-state index contributed by atoms with van der Waals surface area (Å²) in [5.41, 5.74) is -20.4. The van der Waals surface area contributed by atoms with E-state index in [1.807, 2.05) is 20.8 Å². The number of thiazole rings is 3. The van der Waals surface area contributed by atoms with Crippen LogP contribution in [0, 0.1) is 20.4 Å². The third-order valence-electron chi connectivity index (χ3n) is 21.5. The molecule has 20 nitrogen and oxygen atoms in total. The highest BCUT2D eigenvalue weighted by Gasteiger charge is 2.71. The molecule has 41 heteroatoms. The lowest BCUT2D eigenvalue weighted by atomic mass is 9.79. The number of pyridine rings is 1. The maximum Gasteiger partial charge on any atom is 0.408 e. The zero-order valence-corrected chi connectivity index (χ0v) is 68.2. The summed E-state index contributed by atoms with van der Waals surface area (Å²) in [5, 5.41) is 37.7. The topological polar surface area (TPSA) is 265 Å². The van der Waals surface area contributed by atoms with Crippen molar-refractivity contribution >= 4 is 75.1 Å². The van der Waals surface area contributed by atoms with Gasteiger partial charge in [0.1, 0.15) is 17.1 Å². The van der Waals surface area contributed by atoms with Crippen molar-refractivity contribution in [3.05, 3.63) is 120 Å². The summed E-state index contributed by atoms with van der Waals surface area (Å²) in [5.74, 6) is -3.63. The van der Waals surface area contributed by atoms with Crippen LogP contribution >= 0.6 is 34.0 Å². The smallest absolute Gasteiger partial charge is 0.389 e. The second kappa shape index (κ2) is 34.9. The molecular formula is C77H87F18N11O9S3. The summed E-state index contributed by atoms with van der Waals surface area (Å²) in [6.07, 6.45) is -25.0. The SMILES string of the molecule is Cc1cc(C(C)(C(F)(F)F)C(F)(F)F)ccc1-c1sc(C(=O)NCC2(O)CCCCC2)nc1C(=O)N1CCC[C@@H]1C.Cc1cc(C(C)(C(F)(F)F)C(F)(F)F)ncc1-c1sc(C(=O)NCC(C)(C)O)nc1C(=O)N1CCC[C@@H]1C.[C-]#[N+]c1cc(C(C)(C(F)(F)F)C(F)(F)F)ccc1-c1sc(C(=O)NCC(C)(C)O)nc1C(=O)N1CCC[C@@H]1C. The molecule has 0 bridgehead atoms. The highest BCUT2D eigenvalue weighted by molar-refractivity contribution is 7.18. The number of nitrogens with one attached hydrogen (secondary N) is 3. The molecule has 6 amide bonds. The second-order valence-corrected chi connectivity index (χ2v) is 34.6. The molecule has 4 aromatic heterocycles. The van der Waals surface area contributed by atoms with Crippen LogP contribution in [0.2, 0.25) is 0 Å². The van der Waals surface area contributed by atoms with Crippen molar-refractivity contribution in [2.24, 2.45) is 0 Å². The number of carbonyl (C=O) groups is 6. The van der Waals surface area contributed by atoms with Crippen LogP contribution in [0.1, 0.15) is 229 Å². The van der Waals surface area contributed by atoms with E-state index in [2.05, 4.69) is 40.7 Å². The molecule has 0 radical (unpaired) electrons. The molecule has 1 saturated carbocycles. The molecule has 118 heavy (non-hydrogen) atoms. The average molecular weight is 1750 g/mol. The van der Waals surface area contributed by atoms with E-state index in [0.717, 1.165) is 98.1 Å². The minimum atomic E-state index is -5.71. The van der Waals surface area contributed by atoms with E-state index >= 15 is 0 Å². The Balaban J connectivity index is 0.000000221. The van der Waals surface area contributed by atoms with Crippen molar-refractivity contribution in [3.63, 3.8) is 0 Å². The molecule has 0 unspecified atom stereocenters. The first kappa shape index (κ1) is 94.9. The van der Waals surface area contributed by atoms with Gasteiger partial charge in [0.15, 0.2) is 37.0 Å². The number of hydrogen-bond donors (Lipinski definition) is 6. The van der Waals surface area contributed by atoms with E-state index < -0.39 is 128 Å². The number of carbonyl (C=O) groups excluding carboxylic acids is 6. The van der Waals surface area contributed by atoms with Crippen LogP contribution in [-0.2, 0) is 16.2 Å². The molecule has 7 heterocycles. The van der Waals surface area contributed by atoms with Gasteiger partial charge in [0.05, 0.1) is 43.7 Å². The largest absolute Gasteiger partial charge is 0.408 e. The summed E-state index contributed by atoms with van der Waals surface area (Å²) in [7, 11) is 0. The van der Waals surface area contributed by atoms with Gasteiger partial charge in [-0.1, -0.05) is 55.7 Å². The Morgan fingerprint density at radius 3 is 1.13 bits per heavy atom. The summed E-state index contributed by atoms with van der Waals surface area (Å²) in [6.45, 7) is 22.6. The number of halogens is 18. The van der Waals surface area contributed by atoms with Crippen molar-refractivity contribution in [2.75, 3.05) is 39.3 Å². The first-order chi connectivity index (χ1) is 54.1. The minimum Gasteiger partial charge on any atom is -0.389 e. The number of likely N-dealkylation sites (tertiary alicyclic amines) is 3. The van der Waals surface area contributed by atoms with Gasteiger partial charge in [-0.05, 0) is 168 Å².